The number of aliphatic hydroxyl groups excluding tert-OH is 1. The summed E-state index contributed by atoms with van der Waals surface area (Å²) in [5, 5.41) is 14.7. The van der Waals surface area contributed by atoms with Crippen LogP contribution in [-0.2, 0) is 4.79 Å². The third-order valence-electron chi connectivity index (χ3n) is 2.91. The standard InChI is InChI=1S/C16H24N2O3/c1-11(19)8-9-17-14(20)12-6-5-7-13(10-12)18-15(21)16(2,3)4/h5-7,10-11,19H,8-9H2,1-4H3,(H,17,20)(H,18,21). The lowest BCUT2D eigenvalue weighted by Crippen LogP contribution is -2.28. The maximum atomic E-state index is 12.0. The topological polar surface area (TPSA) is 78.4 Å². The van der Waals surface area contributed by atoms with E-state index >= 15 is 0 Å². The molecule has 0 aliphatic heterocycles. The molecule has 21 heavy (non-hydrogen) atoms. The van der Waals surface area contributed by atoms with E-state index in [2.05, 4.69) is 10.6 Å². The highest BCUT2D eigenvalue weighted by molar-refractivity contribution is 5.98. The zero-order valence-corrected chi connectivity index (χ0v) is 13.1. The Morgan fingerprint density at radius 1 is 1.29 bits per heavy atom. The van der Waals surface area contributed by atoms with Crippen molar-refractivity contribution in [1.29, 1.82) is 0 Å². The van der Waals surface area contributed by atoms with E-state index in [1.54, 1.807) is 31.2 Å². The molecular formula is C16H24N2O3. The summed E-state index contributed by atoms with van der Waals surface area (Å²) in [6.07, 6.45) is 0.0642. The number of carbonyl (C=O) groups excluding carboxylic acids is 2. The van der Waals surface area contributed by atoms with E-state index in [0.717, 1.165) is 0 Å². The number of hydrogen-bond acceptors (Lipinski definition) is 3. The van der Waals surface area contributed by atoms with E-state index in [0.29, 0.717) is 24.2 Å². The van der Waals surface area contributed by atoms with Crippen LogP contribution in [-0.4, -0.2) is 29.6 Å². The van der Waals surface area contributed by atoms with Crippen molar-refractivity contribution in [2.24, 2.45) is 5.41 Å². The fraction of sp³-hybridized carbons (Fsp3) is 0.500. The molecular weight excluding hydrogens is 268 g/mol. The molecule has 1 unspecified atom stereocenters. The van der Waals surface area contributed by atoms with Gasteiger partial charge in [-0.25, -0.2) is 0 Å². The molecule has 0 aliphatic carbocycles. The Hall–Kier alpha value is -1.88. The van der Waals surface area contributed by atoms with Gasteiger partial charge in [-0.15, -0.1) is 0 Å². The quantitative estimate of drug-likeness (QED) is 0.778. The summed E-state index contributed by atoms with van der Waals surface area (Å²) in [5.74, 6) is -0.323. The summed E-state index contributed by atoms with van der Waals surface area (Å²) >= 11 is 0. The van der Waals surface area contributed by atoms with Crippen LogP contribution >= 0.6 is 0 Å². The third kappa shape index (κ3) is 5.95. The maximum absolute atomic E-state index is 12.0. The molecule has 5 nitrogen and oxygen atoms in total. The van der Waals surface area contributed by atoms with Crippen molar-refractivity contribution in [3.63, 3.8) is 0 Å². The van der Waals surface area contributed by atoms with Gasteiger partial charge in [0.25, 0.3) is 5.91 Å². The molecule has 1 rings (SSSR count). The zero-order valence-electron chi connectivity index (χ0n) is 13.1. The van der Waals surface area contributed by atoms with E-state index in [1.165, 1.54) is 0 Å². The summed E-state index contributed by atoms with van der Waals surface area (Å²) in [7, 11) is 0. The van der Waals surface area contributed by atoms with Gasteiger partial charge in [-0.2, -0.15) is 0 Å². The van der Waals surface area contributed by atoms with Gasteiger partial charge in [0.15, 0.2) is 0 Å². The fourth-order valence-electron chi connectivity index (χ4n) is 1.55. The predicted molar refractivity (Wildman–Crippen MR) is 83.2 cm³/mol. The first-order valence-corrected chi connectivity index (χ1v) is 7.08. The maximum Gasteiger partial charge on any atom is 0.251 e. The summed E-state index contributed by atoms with van der Waals surface area (Å²) in [5.41, 5.74) is 0.584. The fourth-order valence-corrected chi connectivity index (χ4v) is 1.55. The molecule has 1 aromatic rings. The predicted octanol–water partition coefficient (Wildman–Crippen LogP) is 2.17. The smallest absolute Gasteiger partial charge is 0.251 e. The highest BCUT2D eigenvalue weighted by atomic mass is 16.3. The second kappa shape index (κ2) is 7.22. The highest BCUT2D eigenvalue weighted by Gasteiger charge is 2.21. The van der Waals surface area contributed by atoms with Crippen molar-refractivity contribution in [2.45, 2.75) is 40.2 Å². The molecule has 0 heterocycles. The summed E-state index contributed by atoms with van der Waals surface area (Å²) < 4.78 is 0. The highest BCUT2D eigenvalue weighted by Crippen LogP contribution is 2.18. The molecule has 0 saturated heterocycles. The lowest BCUT2D eigenvalue weighted by molar-refractivity contribution is -0.123. The van der Waals surface area contributed by atoms with Crippen molar-refractivity contribution in [3.8, 4) is 0 Å². The Labute approximate surface area is 125 Å². The number of amides is 2. The molecule has 0 saturated carbocycles. The molecule has 5 heteroatoms. The van der Waals surface area contributed by atoms with Crippen LogP contribution in [0.15, 0.2) is 24.3 Å². The van der Waals surface area contributed by atoms with E-state index < -0.39 is 11.5 Å². The third-order valence-corrected chi connectivity index (χ3v) is 2.91. The van der Waals surface area contributed by atoms with Crippen molar-refractivity contribution < 1.29 is 14.7 Å². The van der Waals surface area contributed by atoms with Crippen LogP contribution in [0.25, 0.3) is 0 Å². The Morgan fingerprint density at radius 2 is 1.95 bits per heavy atom. The lowest BCUT2D eigenvalue weighted by Gasteiger charge is -2.18. The molecule has 2 amide bonds. The molecule has 0 aromatic heterocycles. The second-order valence-electron chi connectivity index (χ2n) is 6.18. The summed E-state index contributed by atoms with van der Waals surface area (Å²) in [4.78, 5) is 23.9. The van der Waals surface area contributed by atoms with Crippen molar-refractivity contribution in [1.82, 2.24) is 5.32 Å². The number of anilines is 1. The average molecular weight is 292 g/mol. The minimum absolute atomic E-state index is 0.103. The van der Waals surface area contributed by atoms with Gasteiger partial charge in [0, 0.05) is 23.2 Å². The van der Waals surface area contributed by atoms with Crippen molar-refractivity contribution in [2.75, 3.05) is 11.9 Å². The van der Waals surface area contributed by atoms with Gasteiger partial charge >= 0.3 is 0 Å². The average Bonchev–Trinajstić information content (AvgIpc) is 2.37. The molecule has 0 radical (unpaired) electrons. The number of nitrogens with one attached hydrogen (secondary N) is 2. The number of aliphatic hydroxyl groups is 1. The first kappa shape index (κ1) is 17.2. The minimum atomic E-state index is -0.491. The van der Waals surface area contributed by atoms with Crippen molar-refractivity contribution in [3.05, 3.63) is 29.8 Å². The van der Waals surface area contributed by atoms with Gasteiger partial charge in [0.05, 0.1) is 6.10 Å². The van der Waals surface area contributed by atoms with Gasteiger partial charge in [0.1, 0.15) is 0 Å². The molecule has 116 valence electrons. The van der Waals surface area contributed by atoms with E-state index in [9.17, 15) is 9.59 Å². The van der Waals surface area contributed by atoms with E-state index in [4.69, 9.17) is 5.11 Å². The van der Waals surface area contributed by atoms with Crippen molar-refractivity contribution >= 4 is 17.5 Å². The molecule has 0 bridgehead atoms. The monoisotopic (exact) mass is 292 g/mol. The molecule has 0 aliphatic rings. The molecule has 0 fully saturated rings. The largest absolute Gasteiger partial charge is 0.393 e. The van der Waals surface area contributed by atoms with Crippen LogP contribution in [0.2, 0.25) is 0 Å². The number of benzene rings is 1. The SMILES string of the molecule is CC(O)CCNC(=O)c1cccc(NC(=O)C(C)(C)C)c1. The molecule has 1 aromatic carbocycles. The van der Waals surface area contributed by atoms with Gasteiger partial charge in [-0.05, 0) is 31.5 Å². The van der Waals surface area contributed by atoms with E-state index in [-0.39, 0.29) is 11.8 Å². The number of carbonyl (C=O) groups is 2. The van der Waals surface area contributed by atoms with Gasteiger partial charge in [0.2, 0.25) is 5.91 Å². The van der Waals surface area contributed by atoms with Gasteiger partial charge in [-0.3, -0.25) is 9.59 Å². The first-order valence-electron chi connectivity index (χ1n) is 7.08. The number of rotatable bonds is 5. The van der Waals surface area contributed by atoms with E-state index in [1.807, 2.05) is 20.8 Å². The molecule has 3 N–H and O–H groups in total. The van der Waals surface area contributed by atoms with Gasteiger partial charge in [-0.1, -0.05) is 26.8 Å². The lowest BCUT2D eigenvalue weighted by atomic mass is 9.95. The minimum Gasteiger partial charge on any atom is -0.393 e. The first-order chi connectivity index (χ1) is 9.70. The van der Waals surface area contributed by atoms with Gasteiger partial charge < -0.3 is 15.7 Å². The van der Waals surface area contributed by atoms with Crippen LogP contribution in [0.4, 0.5) is 5.69 Å². The number of hydrogen-bond donors (Lipinski definition) is 3. The van der Waals surface area contributed by atoms with Crippen LogP contribution in [0.5, 0.6) is 0 Å². The van der Waals surface area contributed by atoms with Crippen LogP contribution in [0.1, 0.15) is 44.5 Å². The molecule has 1 atom stereocenters. The van der Waals surface area contributed by atoms with Crippen LogP contribution < -0.4 is 10.6 Å². The Kier molecular flexibility index (Phi) is 5.90. The Bertz CT molecular complexity index is 504. The zero-order chi connectivity index (χ0) is 16.0. The van der Waals surface area contributed by atoms with Crippen LogP contribution in [0.3, 0.4) is 0 Å². The molecule has 0 spiro atoms. The Morgan fingerprint density at radius 3 is 2.52 bits per heavy atom. The summed E-state index contributed by atoms with van der Waals surface area (Å²) in [6, 6.07) is 6.80. The second-order valence-corrected chi connectivity index (χ2v) is 6.18. The summed E-state index contributed by atoms with van der Waals surface area (Å²) in [6.45, 7) is 7.57. The normalized spacial score (nSPS) is 12.6. The Balaban J connectivity index is 2.68. The van der Waals surface area contributed by atoms with Crippen LogP contribution in [0, 0.1) is 5.41 Å².